The van der Waals surface area contributed by atoms with Crippen molar-refractivity contribution in [3.63, 3.8) is 0 Å². The van der Waals surface area contributed by atoms with Crippen LogP contribution in [-0.2, 0) is 11.3 Å². The van der Waals surface area contributed by atoms with Crippen LogP contribution >= 0.6 is 11.6 Å². The second-order valence-electron chi connectivity index (χ2n) is 4.62. The lowest BCUT2D eigenvalue weighted by atomic mass is 10.1. The van der Waals surface area contributed by atoms with Crippen LogP contribution in [0.4, 0.5) is 11.4 Å². The summed E-state index contributed by atoms with van der Waals surface area (Å²) in [5.41, 5.74) is 1.08. The lowest BCUT2D eigenvalue weighted by Crippen LogP contribution is -2.23. The van der Waals surface area contributed by atoms with Crippen molar-refractivity contribution in [2.45, 2.75) is 0 Å². The Morgan fingerprint density at radius 3 is 2.41 bits per heavy atom. The monoisotopic (exact) mass is 334 g/mol. The van der Waals surface area contributed by atoms with Crippen molar-refractivity contribution < 1.29 is 13.5 Å². The molecule has 112 valence electrons. The quantitative estimate of drug-likeness (QED) is 0.453. The van der Waals surface area contributed by atoms with Crippen molar-refractivity contribution in [1.29, 1.82) is 0 Å². The number of pyridine rings is 1. The summed E-state index contributed by atoms with van der Waals surface area (Å²) in [6, 6.07) is 13.5. The standard InChI is InChI=1S/C15H11ClN2O3S/c16-13-2-5-14(6-3-13)18(22(20)21)15-4-1-12-10-17(19)8-7-11(12)9-15/h1-10H,(H,20,21). The molecule has 0 saturated carbocycles. The van der Waals surface area contributed by atoms with Gasteiger partial charge >= 0.3 is 0 Å². The maximum atomic E-state index is 11.7. The first-order chi connectivity index (χ1) is 10.5. The third-order valence-corrected chi connectivity index (χ3v) is 4.18. The molecule has 2 aromatic carbocycles. The molecule has 1 unspecified atom stereocenters. The molecule has 3 rings (SSSR count). The van der Waals surface area contributed by atoms with Gasteiger partial charge in [-0.25, -0.2) is 8.51 Å². The Kier molecular flexibility index (Phi) is 3.98. The van der Waals surface area contributed by atoms with Gasteiger partial charge in [-0.1, -0.05) is 11.6 Å². The summed E-state index contributed by atoms with van der Waals surface area (Å²) in [6.07, 6.45) is 2.83. The molecule has 1 N–H and O–H groups in total. The first-order valence-electron chi connectivity index (χ1n) is 6.34. The summed E-state index contributed by atoms with van der Waals surface area (Å²) >= 11 is 3.61. The van der Waals surface area contributed by atoms with Gasteiger partial charge in [-0.3, -0.25) is 4.55 Å². The molecule has 0 amide bonds. The number of nitrogens with zero attached hydrogens (tertiary/aromatic N) is 2. The van der Waals surface area contributed by atoms with Crippen LogP contribution in [0.25, 0.3) is 10.8 Å². The van der Waals surface area contributed by atoms with Crippen LogP contribution in [0.2, 0.25) is 5.02 Å². The number of halogens is 1. The van der Waals surface area contributed by atoms with Crippen LogP contribution in [0.1, 0.15) is 0 Å². The lowest BCUT2D eigenvalue weighted by Gasteiger charge is -2.20. The highest BCUT2D eigenvalue weighted by atomic mass is 35.5. The maximum Gasteiger partial charge on any atom is 0.266 e. The van der Waals surface area contributed by atoms with Crippen LogP contribution in [-0.4, -0.2) is 8.76 Å². The molecule has 5 nitrogen and oxygen atoms in total. The van der Waals surface area contributed by atoms with E-state index in [0.29, 0.717) is 21.1 Å². The molecule has 0 spiro atoms. The highest BCUT2D eigenvalue weighted by Gasteiger charge is 2.15. The highest BCUT2D eigenvalue weighted by Crippen LogP contribution is 2.30. The van der Waals surface area contributed by atoms with Gasteiger partial charge < -0.3 is 5.21 Å². The van der Waals surface area contributed by atoms with Crippen molar-refractivity contribution in [3.8, 4) is 0 Å². The zero-order valence-electron chi connectivity index (χ0n) is 11.2. The van der Waals surface area contributed by atoms with Crippen molar-refractivity contribution in [1.82, 2.24) is 0 Å². The minimum Gasteiger partial charge on any atom is -0.619 e. The van der Waals surface area contributed by atoms with Gasteiger partial charge in [0.15, 0.2) is 12.4 Å². The molecule has 0 aliphatic heterocycles. The average Bonchev–Trinajstić information content (AvgIpc) is 2.49. The molecule has 1 atom stereocenters. The van der Waals surface area contributed by atoms with E-state index in [4.69, 9.17) is 11.6 Å². The van der Waals surface area contributed by atoms with Gasteiger partial charge in [-0.05, 0) is 47.9 Å². The number of fused-ring (bicyclic) bond motifs is 1. The van der Waals surface area contributed by atoms with Crippen LogP contribution in [0.15, 0.2) is 60.9 Å². The third-order valence-electron chi connectivity index (χ3n) is 3.19. The highest BCUT2D eigenvalue weighted by molar-refractivity contribution is 7.81. The van der Waals surface area contributed by atoms with Gasteiger partial charge in [0.1, 0.15) is 0 Å². The molecule has 3 aromatic rings. The fourth-order valence-corrected chi connectivity index (χ4v) is 2.91. The first-order valence-corrected chi connectivity index (χ1v) is 7.78. The van der Waals surface area contributed by atoms with Gasteiger partial charge in [0.2, 0.25) is 0 Å². The maximum absolute atomic E-state index is 11.7. The Morgan fingerprint density at radius 2 is 1.73 bits per heavy atom. The van der Waals surface area contributed by atoms with E-state index in [-0.39, 0.29) is 0 Å². The fourth-order valence-electron chi connectivity index (χ4n) is 2.19. The van der Waals surface area contributed by atoms with E-state index < -0.39 is 11.3 Å². The Hall–Kier alpha value is -2.15. The number of aromatic nitrogens is 1. The van der Waals surface area contributed by atoms with Crippen LogP contribution in [0.3, 0.4) is 0 Å². The predicted molar refractivity (Wildman–Crippen MR) is 87.3 cm³/mol. The number of hydrogen-bond acceptors (Lipinski definition) is 2. The van der Waals surface area contributed by atoms with Gasteiger partial charge in [-0.15, -0.1) is 0 Å². The van der Waals surface area contributed by atoms with Crippen LogP contribution in [0.5, 0.6) is 0 Å². The fraction of sp³-hybridized carbons (Fsp3) is 0. The molecule has 22 heavy (non-hydrogen) atoms. The zero-order valence-corrected chi connectivity index (χ0v) is 12.8. The van der Waals surface area contributed by atoms with E-state index in [1.165, 1.54) is 16.7 Å². The second-order valence-corrected chi connectivity index (χ2v) is 5.88. The van der Waals surface area contributed by atoms with E-state index in [9.17, 15) is 14.0 Å². The van der Waals surface area contributed by atoms with E-state index in [1.807, 2.05) is 0 Å². The lowest BCUT2D eigenvalue weighted by molar-refractivity contribution is -0.603. The molecule has 1 heterocycles. The van der Waals surface area contributed by atoms with Gasteiger partial charge in [0.25, 0.3) is 11.3 Å². The summed E-state index contributed by atoms with van der Waals surface area (Å²) in [7, 11) is 0. The van der Waals surface area contributed by atoms with Crippen LogP contribution in [0, 0.1) is 5.21 Å². The normalized spacial score (nSPS) is 12.3. The molecule has 0 aliphatic rings. The smallest absolute Gasteiger partial charge is 0.266 e. The molecule has 0 bridgehead atoms. The number of benzene rings is 2. The Balaban J connectivity index is 2.10. The van der Waals surface area contributed by atoms with Crippen molar-refractivity contribution in [2.24, 2.45) is 0 Å². The Morgan fingerprint density at radius 1 is 1.05 bits per heavy atom. The summed E-state index contributed by atoms with van der Waals surface area (Å²) in [6.45, 7) is 0. The van der Waals surface area contributed by atoms with Gasteiger partial charge in [-0.2, -0.15) is 4.73 Å². The summed E-state index contributed by atoms with van der Waals surface area (Å²) < 4.78 is 23.3. The third kappa shape index (κ3) is 2.89. The largest absolute Gasteiger partial charge is 0.619 e. The second kappa shape index (κ2) is 5.92. The topological polar surface area (TPSA) is 67.5 Å². The number of anilines is 2. The molecule has 0 fully saturated rings. The molecule has 0 aliphatic carbocycles. The molecule has 0 radical (unpaired) electrons. The molecule has 1 aromatic heterocycles. The van der Waals surface area contributed by atoms with E-state index in [1.54, 1.807) is 48.5 Å². The van der Waals surface area contributed by atoms with E-state index in [2.05, 4.69) is 0 Å². The van der Waals surface area contributed by atoms with Crippen LogP contribution < -0.4 is 9.04 Å². The SMILES string of the molecule is O=S(O)N(c1ccc(Cl)cc1)c1ccc2c[n+]([O-])ccc2c1. The summed E-state index contributed by atoms with van der Waals surface area (Å²) in [5, 5.41) is 13.4. The van der Waals surface area contributed by atoms with E-state index >= 15 is 0 Å². The number of rotatable bonds is 3. The van der Waals surface area contributed by atoms with Crippen molar-refractivity contribution in [2.75, 3.05) is 4.31 Å². The first kappa shape index (κ1) is 14.8. The van der Waals surface area contributed by atoms with E-state index in [0.717, 1.165) is 10.8 Å². The summed E-state index contributed by atoms with van der Waals surface area (Å²) in [4.78, 5) is 0. The molecule has 0 saturated heterocycles. The summed E-state index contributed by atoms with van der Waals surface area (Å²) in [5.74, 6) is 0. The average molecular weight is 335 g/mol. The van der Waals surface area contributed by atoms with Gasteiger partial charge in [0, 0.05) is 16.5 Å². The van der Waals surface area contributed by atoms with Crippen molar-refractivity contribution >= 4 is 45.0 Å². The zero-order chi connectivity index (χ0) is 15.7. The minimum absolute atomic E-state index is 0.541. The van der Waals surface area contributed by atoms with Gasteiger partial charge in [0.05, 0.1) is 11.4 Å². The molecule has 7 heteroatoms. The molecular formula is C15H11ClN2O3S. The minimum atomic E-state index is -2.24. The predicted octanol–water partition coefficient (Wildman–Crippen LogP) is 3.40. The number of hydrogen-bond donors (Lipinski definition) is 1. The Labute approximate surface area is 134 Å². The Bertz CT molecular complexity index is 855. The molecular weight excluding hydrogens is 324 g/mol. The van der Waals surface area contributed by atoms with Crippen molar-refractivity contribution in [3.05, 3.63) is 71.2 Å².